The molecule has 2 atom stereocenters. The molecule has 5 nitrogen and oxygen atoms in total. The molecule has 0 aliphatic carbocycles. The molecule has 2 unspecified atom stereocenters. The first-order valence-corrected chi connectivity index (χ1v) is 10.1. The molecule has 29 heavy (non-hydrogen) atoms. The Morgan fingerprint density at radius 3 is 2.55 bits per heavy atom. The van der Waals surface area contributed by atoms with Crippen molar-refractivity contribution in [2.75, 3.05) is 25.0 Å². The molecule has 2 aromatic carbocycles. The number of benzene rings is 2. The van der Waals surface area contributed by atoms with Crippen LogP contribution in [0.1, 0.15) is 31.9 Å². The van der Waals surface area contributed by atoms with Crippen molar-refractivity contribution in [3.63, 3.8) is 0 Å². The zero-order chi connectivity index (χ0) is 20.9. The molecular weight excluding hydrogens is 362 g/mol. The fourth-order valence-corrected chi connectivity index (χ4v) is 3.74. The molecule has 1 aliphatic heterocycles. The summed E-state index contributed by atoms with van der Waals surface area (Å²) >= 11 is 0. The smallest absolute Gasteiger partial charge is 0.410 e. The van der Waals surface area contributed by atoms with Crippen LogP contribution in [0.2, 0.25) is 0 Å². The summed E-state index contributed by atoms with van der Waals surface area (Å²) in [5, 5.41) is 12.6. The topological polar surface area (TPSA) is 65.4 Å². The van der Waals surface area contributed by atoms with Crippen molar-refractivity contribution in [1.29, 1.82) is 5.26 Å². The van der Waals surface area contributed by atoms with E-state index in [2.05, 4.69) is 35.7 Å². The van der Waals surface area contributed by atoms with E-state index in [0.29, 0.717) is 30.5 Å². The van der Waals surface area contributed by atoms with Gasteiger partial charge in [-0.05, 0) is 62.8 Å². The molecule has 0 aromatic heterocycles. The van der Waals surface area contributed by atoms with Gasteiger partial charge in [0.2, 0.25) is 0 Å². The third kappa shape index (κ3) is 5.99. The molecule has 1 amide bonds. The maximum atomic E-state index is 12.6. The van der Waals surface area contributed by atoms with Gasteiger partial charge in [0.05, 0.1) is 11.6 Å². The highest BCUT2D eigenvalue weighted by Crippen LogP contribution is 2.29. The van der Waals surface area contributed by atoms with Crippen LogP contribution in [0.25, 0.3) is 0 Å². The minimum absolute atomic E-state index is 0.246. The van der Waals surface area contributed by atoms with Crippen LogP contribution in [-0.4, -0.2) is 36.2 Å². The number of anilines is 1. The number of rotatable bonds is 5. The number of hydrogen-bond donors (Lipinski definition) is 1. The highest BCUT2D eigenvalue weighted by atomic mass is 16.6. The number of nitrogens with one attached hydrogen (secondary N) is 1. The SMILES string of the molecule is CC(C)(C)OC(=O)N1CC(CNc2cccc(C#N)c2)C(Cc2ccccc2)C1. The van der Waals surface area contributed by atoms with E-state index in [0.717, 1.165) is 18.7 Å². The second kappa shape index (κ2) is 9.00. The summed E-state index contributed by atoms with van der Waals surface area (Å²) < 4.78 is 5.59. The Morgan fingerprint density at radius 2 is 1.86 bits per heavy atom. The molecular formula is C24H29N3O2. The summed E-state index contributed by atoms with van der Waals surface area (Å²) in [6.45, 7) is 7.77. The lowest BCUT2D eigenvalue weighted by Crippen LogP contribution is -2.35. The van der Waals surface area contributed by atoms with Gasteiger partial charge in [-0.25, -0.2) is 4.79 Å². The fourth-order valence-electron chi connectivity index (χ4n) is 3.74. The normalized spacial score (nSPS) is 18.9. The second-order valence-electron chi connectivity index (χ2n) is 8.67. The van der Waals surface area contributed by atoms with Gasteiger partial charge < -0.3 is 15.0 Å². The van der Waals surface area contributed by atoms with E-state index < -0.39 is 5.60 Å². The number of ether oxygens (including phenoxy) is 1. The van der Waals surface area contributed by atoms with Crippen molar-refractivity contribution >= 4 is 11.8 Å². The van der Waals surface area contributed by atoms with Crippen molar-refractivity contribution in [2.45, 2.75) is 32.8 Å². The Kier molecular flexibility index (Phi) is 6.43. The molecule has 1 N–H and O–H groups in total. The van der Waals surface area contributed by atoms with Gasteiger partial charge in [-0.15, -0.1) is 0 Å². The highest BCUT2D eigenvalue weighted by molar-refractivity contribution is 5.68. The van der Waals surface area contributed by atoms with E-state index in [4.69, 9.17) is 10.00 Å². The van der Waals surface area contributed by atoms with Gasteiger partial charge in [0.1, 0.15) is 5.60 Å². The highest BCUT2D eigenvalue weighted by Gasteiger charge is 2.36. The van der Waals surface area contributed by atoms with Crippen molar-refractivity contribution in [1.82, 2.24) is 4.90 Å². The molecule has 0 saturated carbocycles. The van der Waals surface area contributed by atoms with E-state index in [-0.39, 0.29) is 6.09 Å². The molecule has 1 heterocycles. The first-order valence-electron chi connectivity index (χ1n) is 10.1. The second-order valence-corrected chi connectivity index (χ2v) is 8.67. The van der Waals surface area contributed by atoms with Crippen molar-refractivity contribution < 1.29 is 9.53 Å². The van der Waals surface area contributed by atoms with Crippen molar-refractivity contribution in [3.8, 4) is 6.07 Å². The lowest BCUT2D eigenvalue weighted by Gasteiger charge is -2.24. The molecule has 1 saturated heterocycles. The van der Waals surface area contributed by atoms with Crippen LogP contribution < -0.4 is 5.32 Å². The summed E-state index contributed by atoms with van der Waals surface area (Å²) in [5.74, 6) is 0.644. The average molecular weight is 392 g/mol. The van der Waals surface area contributed by atoms with Gasteiger partial charge in [0, 0.05) is 25.3 Å². The van der Waals surface area contributed by atoms with Crippen molar-refractivity contribution in [2.24, 2.45) is 11.8 Å². The van der Waals surface area contributed by atoms with E-state index in [9.17, 15) is 4.79 Å². The number of carbonyl (C=O) groups is 1. The lowest BCUT2D eigenvalue weighted by molar-refractivity contribution is 0.0284. The largest absolute Gasteiger partial charge is 0.444 e. The zero-order valence-electron chi connectivity index (χ0n) is 17.4. The molecule has 3 rings (SSSR count). The monoisotopic (exact) mass is 391 g/mol. The van der Waals surface area contributed by atoms with Gasteiger partial charge in [0.15, 0.2) is 0 Å². The molecule has 1 fully saturated rings. The number of carbonyl (C=O) groups excluding carboxylic acids is 1. The number of nitrogens with zero attached hydrogens (tertiary/aromatic N) is 2. The summed E-state index contributed by atoms with van der Waals surface area (Å²) in [6, 6.07) is 20.1. The molecule has 0 radical (unpaired) electrons. The number of hydrogen-bond acceptors (Lipinski definition) is 4. The van der Waals surface area contributed by atoms with Gasteiger partial charge in [-0.1, -0.05) is 36.4 Å². The first kappa shape index (κ1) is 20.7. The van der Waals surface area contributed by atoms with Crippen molar-refractivity contribution in [3.05, 3.63) is 65.7 Å². The Labute approximate surface area is 173 Å². The van der Waals surface area contributed by atoms with Gasteiger partial charge in [0.25, 0.3) is 0 Å². The Balaban J connectivity index is 1.70. The van der Waals surface area contributed by atoms with Gasteiger partial charge >= 0.3 is 6.09 Å². The van der Waals surface area contributed by atoms with E-state index in [1.165, 1.54) is 5.56 Å². The fraction of sp³-hybridized carbons (Fsp3) is 0.417. The third-order valence-electron chi connectivity index (χ3n) is 5.13. The quantitative estimate of drug-likeness (QED) is 0.803. The van der Waals surface area contributed by atoms with E-state index in [1.54, 1.807) is 6.07 Å². The predicted molar refractivity (Wildman–Crippen MR) is 115 cm³/mol. The summed E-state index contributed by atoms with van der Waals surface area (Å²) in [7, 11) is 0. The average Bonchev–Trinajstić information content (AvgIpc) is 3.09. The Hall–Kier alpha value is -3.00. The molecule has 0 spiro atoms. The summed E-state index contributed by atoms with van der Waals surface area (Å²) in [5.41, 5.74) is 2.34. The maximum Gasteiger partial charge on any atom is 0.410 e. The van der Waals surface area contributed by atoms with Crippen LogP contribution in [0.3, 0.4) is 0 Å². The number of likely N-dealkylation sites (tertiary alicyclic amines) is 1. The summed E-state index contributed by atoms with van der Waals surface area (Å²) in [4.78, 5) is 14.4. The van der Waals surface area contributed by atoms with Crippen LogP contribution in [0.5, 0.6) is 0 Å². The third-order valence-corrected chi connectivity index (χ3v) is 5.13. The molecule has 152 valence electrons. The number of nitriles is 1. The minimum atomic E-state index is -0.500. The lowest BCUT2D eigenvalue weighted by atomic mass is 9.89. The molecule has 5 heteroatoms. The standard InChI is InChI=1S/C24H29N3O2/c1-24(2,3)29-23(28)27-16-20(12-18-8-5-4-6-9-18)21(17-27)15-26-22-11-7-10-19(13-22)14-25/h4-11,13,20-21,26H,12,15-17H2,1-3H3. The Morgan fingerprint density at radius 1 is 1.14 bits per heavy atom. The number of amides is 1. The van der Waals surface area contributed by atoms with Crippen LogP contribution >= 0.6 is 0 Å². The summed E-state index contributed by atoms with van der Waals surface area (Å²) in [6.07, 6.45) is 0.676. The maximum absolute atomic E-state index is 12.6. The molecule has 1 aliphatic rings. The first-order chi connectivity index (χ1) is 13.8. The van der Waals surface area contributed by atoms with E-state index in [1.807, 2.05) is 49.9 Å². The molecule has 0 bridgehead atoms. The Bertz CT molecular complexity index is 868. The van der Waals surface area contributed by atoms with Crippen LogP contribution in [0.15, 0.2) is 54.6 Å². The van der Waals surface area contributed by atoms with E-state index >= 15 is 0 Å². The van der Waals surface area contributed by atoms with Crippen LogP contribution in [0.4, 0.5) is 10.5 Å². The minimum Gasteiger partial charge on any atom is -0.444 e. The van der Waals surface area contributed by atoms with Crippen LogP contribution in [-0.2, 0) is 11.2 Å². The predicted octanol–water partition coefficient (Wildman–Crippen LogP) is 4.70. The molecule has 2 aromatic rings. The zero-order valence-corrected chi connectivity index (χ0v) is 17.4. The van der Waals surface area contributed by atoms with Gasteiger partial charge in [-0.2, -0.15) is 5.26 Å². The van der Waals surface area contributed by atoms with Crippen LogP contribution in [0, 0.1) is 23.2 Å². The van der Waals surface area contributed by atoms with Gasteiger partial charge in [-0.3, -0.25) is 0 Å².